The molecule has 1 aliphatic carbocycles. The van der Waals surface area contributed by atoms with E-state index in [1.165, 1.54) is 47.8 Å². The molecule has 4 atom stereocenters. The number of rotatable bonds is 6. The van der Waals surface area contributed by atoms with Gasteiger partial charge in [-0.25, -0.2) is 17.6 Å². The van der Waals surface area contributed by atoms with Crippen LogP contribution >= 0.6 is 11.6 Å². The van der Waals surface area contributed by atoms with E-state index in [0.29, 0.717) is 42.3 Å². The van der Waals surface area contributed by atoms with Crippen LogP contribution in [-0.2, 0) is 14.8 Å². The molecule has 0 radical (unpaired) electrons. The highest BCUT2D eigenvalue weighted by Crippen LogP contribution is 2.53. The van der Waals surface area contributed by atoms with Crippen LogP contribution in [0.15, 0.2) is 53.4 Å². The Balaban J connectivity index is 1.16. The predicted molar refractivity (Wildman–Crippen MR) is 163 cm³/mol. The van der Waals surface area contributed by atoms with Gasteiger partial charge in [0.1, 0.15) is 11.4 Å². The molecule has 0 spiro atoms. The molecule has 43 heavy (non-hydrogen) atoms. The first-order valence-corrected chi connectivity index (χ1v) is 17.9. The molecule has 2 aromatic carbocycles. The third-order valence-electron chi connectivity index (χ3n) is 10.7. The maximum absolute atomic E-state index is 14.4. The van der Waals surface area contributed by atoms with Crippen molar-refractivity contribution in [3.05, 3.63) is 64.9 Å². The maximum Gasteiger partial charge on any atom is 0.410 e. The number of halogens is 2. The number of amides is 1. The average molecular weight is 630 g/mol. The van der Waals surface area contributed by atoms with Crippen LogP contribution in [0.3, 0.4) is 0 Å². The summed E-state index contributed by atoms with van der Waals surface area (Å²) < 4.78 is 51.1. The summed E-state index contributed by atoms with van der Waals surface area (Å²) in [4.78, 5) is 18.7. The van der Waals surface area contributed by atoms with E-state index in [4.69, 9.17) is 16.3 Å². The second kappa shape index (κ2) is 11.6. The lowest BCUT2D eigenvalue weighted by atomic mass is 9.90. The molecule has 2 bridgehead atoms. The third-order valence-corrected chi connectivity index (χ3v) is 12.8. The smallest absolute Gasteiger partial charge is 0.410 e. The number of hydrogen-bond acceptors (Lipinski definition) is 5. The van der Waals surface area contributed by atoms with Crippen LogP contribution in [0, 0.1) is 5.82 Å². The molecule has 4 aliphatic heterocycles. The highest BCUT2D eigenvalue weighted by atomic mass is 35.5. The third kappa shape index (κ3) is 5.60. The van der Waals surface area contributed by atoms with Crippen LogP contribution in [0.4, 0.5) is 9.18 Å². The number of sulfonamides is 1. The lowest BCUT2D eigenvalue weighted by Crippen LogP contribution is -2.57. The summed E-state index contributed by atoms with van der Waals surface area (Å²) in [7, 11) is -4.03. The van der Waals surface area contributed by atoms with Crippen LogP contribution in [0.25, 0.3) is 0 Å². The minimum atomic E-state index is -4.03. The van der Waals surface area contributed by atoms with Crippen molar-refractivity contribution >= 4 is 27.7 Å². The lowest BCUT2D eigenvalue weighted by Gasteiger charge is -2.46. The summed E-state index contributed by atoms with van der Waals surface area (Å²) in [6.07, 6.45) is 10.6. The topological polar surface area (TPSA) is 70.2 Å². The van der Waals surface area contributed by atoms with E-state index in [0.717, 1.165) is 45.2 Å². The minimum absolute atomic E-state index is 0.130. The molecule has 2 aromatic rings. The van der Waals surface area contributed by atoms with Crippen molar-refractivity contribution in [2.75, 3.05) is 13.1 Å². The van der Waals surface area contributed by atoms with Crippen LogP contribution in [0.2, 0.25) is 5.02 Å². The standard InChI is InChI=1S/C33H41ClFN3O4S/c34-24-10-14-29(15-11-24)43(40,41)38-30(23-6-4-7-25(35)20-23)8-5-9-31(38)33(16-17-33)42-32(39)37-26-12-13-27(37)22-28(21-26)36-18-2-1-3-19-36/h4,6-7,10-11,14-15,20,26-28,30-31H,1-3,5,8-9,12-13,16-19,21-22H2. The maximum atomic E-state index is 14.4. The Labute approximate surface area is 259 Å². The number of fused-ring (bicyclic) bond motifs is 2. The first-order valence-electron chi connectivity index (χ1n) is 16.1. The fraction of sp³-hybridized carbons (Fsp3) is 0.606. The molecule has 1 saturated carbocycles. The Hall–Kier alpha value is -2.20. The zero-order valence-corrected chi connectivity index (χ0v) is 26.1. The van der Waals surface area contributed by atoms with Crippen LogP contribution in [-0.4, -0.2) is 71.5 Å². The molecule has 7 rings (SSSR count). The number of ether oxygens (including phenoxy) is 1. The minimum Gasteiger partial charge on any atom is -0.441 e. The zero-order chi connectivity index (χ0) is 29.8. The molecule has 232 valence electrons. The highest BCUT2D eigenvalue weighted by molar-refractivity contribution is 7.89. The van der Waals surface area contributed by atoms with Crippen LogP contribution < -0.4 is 0 Å². The lowest BCUT2D eigenvalue weighted by molar-refractivity contribution is -0.0260. The first-order chi connectivity index (χ1) is 20.7. The van der Waals surface area contributed by atoms with Crippen LogP contribution in [0.5, 0.6) is 0 Å². The van der Waals surface area contributed by atoms with Crippen molar-refractivity contribution in [1.82, 2.24) is 14.1 Å². The summed E-state index contributed by atoms with van der Waals surface area (Å²) in [6, 6.07) is 12.2. The Bertz CT molecular complexity index is 1430. The number of carbonyl (C=O) groups is 1. The number of piperidine rings is 3. The van der Waals surface area contributed by atoms with Gasteiger partial charge in [0.15, 0.2) is 0 Å². The molecule has 4 unspecified atom stereocenters. The molecular formula is C33H41ClFN3O4S. The quantitative estimate of drug-likeness (QED) is 0.347. The second-order valence-electron chi connectivity index (χ2n) is 13.3. The Morgan fingerprint density at radius 1 is 0.884 bits per heavy atom. The largest absolute Gasteiger partial charge is 0.441 e. The van der Waals surface area contributed by atoms with Crippen molar-refractivity contribution in [2.24, 2.45) is 0 Å². The van der Waals surface area contributed by atoms with Crippen molar-refractivity contribution in [1.29, 1.82) is 0 Å². The number of hydrogen-bond donors (Lipinski definition) is 0. The molecule has 4 saturated heterocycles. The van der Waals surface area contributed by atoms with Gasteiger partial charge in [0.2, 0.25) is 10.0 Å². The van der Waals surface area contributed by atoms with Crippen molar-refractivity contribution in [3.63, 3.8) is 0 Å². The van der Waals surface area contributed by atoms with Crippen molar-refractivity contribution in [2.45, 2.75) is 118 Å². The van der Waals surface area contributed by atoms with Gasteiger partial charge in [0.25, 0.3) is 0 Å². The Morgan fingerprint density at radius 2 is 1.58 bits per heavy atom. The highest BCUT2D eigenvalue weighted by Gasteiger charge is 2.61. The summed E-state index contributed by atoms with van der Waals surface area (Å²) in [5.74, 6) is -0.403. The molecule has 0 aromatic heterocycles. The van der Waals surface area contributed by atoms with E-state index in [1.54, 1.807) is 24.3 Å². The first kappa shape index (κ1) is 29.5. The van der Waals surface area contributed by atoms with Gasteiger partial charge in [-0.05, 0) is 126 Å². The van der Waals surface area contributed by atoms with E-state index in [1.807, 2.05) is 4.90 Å². The Kier molecular flexibility index (Phi) is 7.98. The number of likely N-dealkylation sites (tertiary alicyclic amines) is 1. The molecule has 4 heterocycles. The van der Waals surface area contributed by atoms with Crippen LogP contribution in [0.1, 0.15) is 88.7 Å². The molecule has 5 aliphatic rings. The number of benzene rings is 2. The van der Waals surface area contributed by atoms with E-state index in [-0.39, 0.29) is 23.1 Å². The van der Waals surface area contributed by atoms with E-state index >= 15 is 0 Å². The summed E-state index contributed by atoms with van der Waals surface area (Å²) in [5.41, 5.74) is -0.270. The predicted octanol–water partition coefficient (Wildman–Crippen LogP) is 6.91. The van der Waals surface area contributed by atoms with E-state index < -0.39 is 33.5 Å². The van der Waals surface area contributed by atoms with Gasteiger partial charge in [-0.1, -0.05) is 30.2 Å². The molecule has 10 heteroatoms. The van der Waals surface area contributed by atoms with E-state index in [2.05, 4.69) is 4.90 Å². The SMILES string of the molecule is O=C(OC1(C2CCCC(c3cccc(F)c3)N2S(=O)(=O)c2ccc(Cl)cc2)CC1)N1C2CCC1CC(N1CCCCC1)C2. The molecule has 1 amide bonds. The fourth-order valence-corrected chi connectivity index (χ4v) is 10.5. The zero-order valence-electron chi connectivity index (χ0n) is 24.5. The molecule has 0 N–H and O–H groups in total. The monoisotopic (exact) mass is 629 g/mol. The fourth-order valence-electron chi connectivity index (χ4n) is 8.44. The summed E-state index contributed by atoms with van der Waals surface area (Å²) in [5, 5.41) is 0.446. The van der Waals surface area contributed by atoms with E-state index in [9.17, 15) is 17.6 Å². The van der Waals surface area contributed by atoms with Gasteiger partial charge in [0, 0.05) is 23.1 Å². The molecular weight excluding hydrogens is 589 g/mol. The van der Waals surface area contributed by atoms with Gasteiger partial charge < -0.3 is 14.5 Å². The molecule has 7 nitrogen and oxygen atoms in total. The number of nitrogens with zero attached hydrogens (tertiary/aromatic N) is 3. The van der Waals surface area contributed by atoms with Crippen molar-refractivity contribution in [3.8, 4) is 0 Å². The average Bonchev–Trinajstić information content (AvgIpc) is 3.74. The number of carbonyl (C=O) groups excluding carboxylic acids is 1. The van der Waals surface area contributed by atoms with Gasteiger partial charge in [-0.15, -0.1) is 0 Å². The summed E-state index contributed by atoms with van der Waals surface area (Å²) in [6.45, 7) is 2.31. The second-order valence-corrected chi connectivity index (χ2v) is 15.5. The van der Waals surface area contributed by atoms with Crippen molar-refractivity contribution < 1.29 is 22.3 Å². The summed E-state index contributed by atoms with van der Waals surface area (Å²) >= 11 is 6.10. The Morgan fingerprint density at radius 3 is 2.23 bits per heavy atom. The normalized spacial score (nSPS) is 31.1. The van der Waals surface area contributed by atoms with Gasteiger partial charge >= 0.3 is 6.09 Å². The van der Waals surface area contributed by atoms with Gasteiger partial charge in [-0.2, -0.15) is 4.31 Å². The van der Waals surface area contributed by atoms with Gasteiger partial charge in [0.05, 0.1) is 17.0 Å². The molecule has 5 fully saturated rings. The van der Waals surface area contributed by atoms with Gasteiger partial charge in [-0.3, -0.25) is 0 Å².